The fourth-order valence-electron chi connectivity index (χ4n) is 5.16. The minimum Gasteiger partial charge on any atom is -0.383 e. The number of imidazole rings is 1. The van der Waals surface area contributed by atoms with E-state index < -0.39 is 0 Å². The molecule has 0 saturated carbocycles. The van der Waals surface area contributed by atoms with E-state index in [1.165, 1.54) is 4.80 Å². The van der Waals surface area contributed by atoms with Gasteiger partial charge < -0.3 is 11.1 Å². The van der Waals surface area contributed by atoms with Crippen LogP contribution in [0.5, 0.6) is 0 Å². The van der Waals surface area contributed by atoms with E-state index in [4.69, 9.17) is 15.7 Å². The largest absolute Gasteiger partial charge is 0.383 e. The van der Waals surface area contributed by atoms with Gasteiger partial charge in [0, 0.05) is 23.8 Å². The van der Waals surface area contributed by atoms with E-state index in [2.05, 4.69) is 37.6 Å². The first-order valence-corrected chi connectivity index (χ1v) is 12.9. The summed E-state index contributed by atoms with van der Waals surface area (Å²) in [5.41, 5.74) is 12.9. The number of hydrogen-bond acceptors (Lipinski definition) is 8. The molecule has 11 heteroatoms. The lowest BCUT2D eigenvalue weighted by Gasteiger charge is -2.16. The molecule has 6 aromatic rings. The first-order valence-electron chi connectivity index (χ1n) is 12.9. The third kappa shape index (κ3) is 4.04. The molecule has 5 aromatic heterocycles. The van der Waals surface area contributed by atoms with Gasteiger partial charge in [-0.15, -0.1) is 4.80 Å². The second-order valence-electron chi connectivity index (χ2n) is 9.67. The third-order valence-electron chi connectivity index (χ3n) is 7.13. The minimum absolute atomic E-state index is 0.0820. The molecule has 0 fully saturated rings. The number of nitrogens with two attached hydrogens (primary N) is 1. The first kappa shape index (κ1) is 23.7. The van der Waals surface area contributed by atoms with Crippen molar-refractivity contribution in [3.8, 4) is 22.9 Å². The van der Waals surface area contributed by atoms with Crippen LogP contribution in [0.25, 0.3) is 34.1 Å². The molecule has 0 bridgehead atoms. The van der Waals surface area contributed by atoms with Crippen molar-refractivity contribution in [1.29, 1.82) is 0 Å². The van der Waals surface area contributed by atoms with E-state index in [9.17, 15) is 4.79 Å². The Hall–Kier alpha value is -5.45. The lowest BCUT2D eigenvalue weighted by atomic mass is 10.1. The van der Waals surface area contributed by atoms with Crippen molar-refractivity contribution in [3.05, 3.63) is 102 Å². The zero-order valence-corrected chi connectivity index (χ0v) is 21.6. The summed E-state index contributed by atoms with van der Waals surface area (Å²) in [6.07, 6.45) is 8.12. The smallest absolute Gasteiger partial charge is 0.253 e. The Balaban J connectivity index is 1.31. The predicted molar refractivity (Wildman–Crippen MR) is 149 cm³/mol. The number of anilines is 1. The molecule has 40 heavy (non-hydrogen) atoms. The van der Waals surface area contributed by atoms with Gasteiger partial charge in [0.25, 0.3) is 5.91 Å². The Morgan fingerprint density at radius 3 is 2.67 bits per heavy atom. The third-order valence-corrected chi connectivity index (χ3v) is 7.13. The predicted octanol–water partition coefficient (Wildman–Crippen LogP) is 3.77. The summed E-state index contributed by atoms with van der Waals surface area (Å²) in [7, 11) is 0. The van der Waals surface area contributed by atoms with E-state index in [0.29, 0.717) is 39.8 Å². The molecule has 0 saturated heterocycles. The number of nitrogen functional groups attached to an aromatic ring is 1. The number of aromatic nitrogens is 8. The van der Waals surface area contributed by atoms with Crippen molar-refractivity contribution < 1.29 is 4.79 Å². The van der Waals surface area contributed by atoms with E-state index in [0.717, 1.165) is 35.3 Å². The highest BCUT2D eigenvalue weighted by molar-refractivity contribution is 5.94. The number of aryl methyl sites for hydroxylation is 2. The summed E-state index contributed by atoms with van der Waals surface area (Å²) < 4.78 is 1.99. The number of carbonyl (C=O) groups is 1. The molecule has 0 aliphatic heterocycles. The summed E-state index contributed by atoms with van der Waals surface area (Å²) in [6, 6.07) is 17.2. The zero-order chi connectivity index (χ0) is 27.2. The van der Waals surface area contributed by atoms with Gasteiger partial charge in [0.2, 0.25) is 0 Å². The van der Waals surface area contributed by atoms with Gasteiger partial charge in [-0.2, -0.15) is 10.2 Å². The number of fused-ring (bicyclic) bond motifs is 2. The maximum Gasteiger partial charge on any atom is 0.253 e. The Labute approximate surface area is 228 Å². The van der Waals surface area contributed by atoms with E-state index in [-0.39, 0.29) is 11.9 Å². The van der Waals surface area contributed by atoms with Crippen molar-refractivity contribution in [1.82, 2.24) is 44.8 Å². The molecule has 1 amide bonds. The Morgan fingerprint density at radius 1 is 1.00 bits per heavy atom. The maximum atomic E-state index is 12.9. The Kier molecular flexibility index (Phi) is 5.55. The van der Waals surface area contributed by atoms with Crippen LogP contribution in [0.2, 0.25) is 0 Å². The van der Waals surface area contributed by atoms with Crippen LogP contribution in [0.15, 0.2) is 79.4 Å². The van der Waals surface area contributed by atoms with Crippen molar-refractivity contribution >= 4 is 22.9 Å². The highest BCUT2D eigenvalue weighted by Crippen LogP contribution is 2.36. The number of benzene rings is 1. The Bertz CT molecular complexity index is 1880. The zero-order valence-electron chi connectivity index (χ0n) is 21.6. The van der Waals surface area contributed by atoms with Crippen molar-refractivity contribution in [2.24, 2.45) is 0 Å². The van der Waals surface area contributed by atoms with Crippen molar-refractivity contribution in [2.45, 2.75) is 25.8 Å². The number of carbonyl (C=O) groups excluding carboxylic acids is 1. The molecular weight excluding hydrogens is 504 g/mol. The van der Waals surface area contributed by atoms with E-state index in [1.807, 2.05) is 47.9 Å². The summed E-state index contributed by atoms with van der Waals surface area (Å²) in [5, 5.41) is 11.6. The molecule has 196 valence electrons. The molecule has 7 rings (SSSR count). The molecule has 1 aliphatic rings. The molecule has 3 N–H and O–H groups in total. The van der Waals surface area contributed by atoms with Gasteiger partial charge in [-0.25, -0.2) is 15.0 Å². The van der Waals surface area contributed by atoms with Gasteiger partial charge in [0.1, 0.15) is 11.3 Å². The van der Waals surface area contributed by atoms with Crippen LogP contribution in [0.3, 0.4) is 0 Å². The number of nitrogens with one attached hydrogen (secondary N) is 1. The minimum atomic E-state index is -0.131. The van der Waals surface area contributed by atoms with Gasteiger partial charge >= 0.3 is 0 Å². The van der Waals surface area contributed by atoms with Crippen LogP contribution in [-0.4, -0.2) is 45.4 Å². The summed E-state index contributed by atoms with van der Waals surface area (Å²) in [5.74, 6) is 1.45. The van der Waals surface area contributed by atoms with Crippen molar-refractivity contribution in [3.63, 3.8) is 0 Å². The number of rotatable bonds is 5. The van der Waals surface area contributed by atoms with Gasteiger partial charge in [0.15, 0.2) is 17.3 Å². The second kappa shape index (κ2) is 9.38. The molecule has 0 unspecified atom stereocenters. The summed E-state index contributed by atoms with van der Waals surface area (Å²) in [6.45, 7) is 1.90. The quantitative estimate of drug-likeness (QED) is 0.344. The topological polar surface area (TPSA) is 142 Å². The van der Waals surface area contributed by atoms with Crippen LogP contribution >= 0.6 is 0 Å². The number of amides is 1. The van der Waals surface area contributed by atoms with Gasteiger partial charge in [-0.05, 0) is 79.4 Å². The standard InChI is InChI=1S/C29H24N10O/c1-17-4-5-19(16-32-17)29(40)36-23-9-6-18-15-20(7-8-21(18)23)38-27(22-3-2-12-31-26(22)30)35-24-10-11-25(37-28(24)38)39-33-13-14-34-39/h2-5,7-8,10-16,23H,6,9H2,1H3,(H2,30,31)(H,36,40)/t23-/m0/s1. The molecule has 1 aliphatic carbocycles. The number of hydrogen-bond donors (Lipinski definition) is 2. The van der Waals surface area contributed by atoms with Crippen LogP contribution in [0, 0.1) is 6.92 Å². The molecule has 5 heterocycles. The first-order chi connectivity index (χ1) is 19.5. The van der Waals surface area contributed by atoms with Gasteiger partial charge in [-0.3, -0.25) is 14.3 Å². The monoisotopic (exact) mass is 528 g/mol. The lowest BCUT2D eigenvalue weighted by molar-refractivity contribution is 0.0936. The highest BCUT2D eigenvalue weighted by Gasteiger charge is 2.26. The fourth-order valence-corrected chi connectivity index (χ4v) is 5.16. The molecular formula is C29H24N10O. The van der Waals surface area contributed by atoms with E-state index in [1.54, 1.807) is 30.9 Å². The fraction of sp³-hybridized carbons (Fsp3) is 0.138. The number of nitrogens with zero attached hydrogens (tertiary/aromatic N) is 8. The molecule has 1 aromatic carbocycles. The molecule has 0 spiro atoms. The number of pyridine rings is 3. The average Bonchev–Trinajstić information content (AvgIpc) is 3.72. The summed E-state index contributed by atoms with van der Waals surface area (Å²) >= 11 is 0. The molecule has 1 atom stereocenters. The lowest BCUT2D eigenvalue weighted by Crippen LogP contribution is -2.27. The van der Waals surface area contributed by atoms with Crippen LogP contribution in [0.1, 0.15) is 39.6 Å². The van der Waals surface area contributed by atoms with Crippen LogP contribution in [0.4, 0.5) is 5.82 Å². The van der Waals surface area contributed by atoms with Crippen LogP contribution < -0.4 is 11.1 Å². The van der Waals surface area contributed by atoms with Crippen LogP contribution in [-0.2, 0) is 6.42 Å². The Morgan fingerprint density at radius 2 is 1.88 bits per heavy atom. The van der Waals surface area contributed by atoms with Gasteiger partial charge in [-0.1, -0.05) is 6.07 Å². The normalized spacial score (nSPS) is 14.4. The van der Waals surface area contributed by atoms with Crippen molar-refractivity contribution in [2.75, 3.05) is 5.73 Å². The second-order valence-corrected chi connectivity index (χ2v) is 9.67. The maximum absolute atomic E-state index is 12.9. The molecule has 11 nitrogen and oxygen atoms in total. The summed E-state index contributed by atoms with van der Waals surface area (Å²) in [4.78, 5) is 32.6. The van der Waals surface area contributed by atoms with E-state index >= 15 is 0 Å². The molecule has 0 radical (unpaired) electrons. The van der Waals surface area contributed by atoms with Gasteiger partial charge in [0.05, 0.1) is 29.6 Å². The highest BCUT2D eigenvalue weighted by atomic mass is 16.1. The average molecular weight is 529 g/mol. The SMILES string of the molecule is Cc1ccc(C(=O)N[C@H]2CCc3cc(-n4c(-c5cccnc5N)nc5ccc(-n6nccn6)nc54)ccc32)cn1.